The van der Waals surface area contributed by atoms with Crippen molar-refractivity contribution in [2.24, 2.45) is 0 Å². The average Bonchev–Trinajstić information content (AvgIpc) is 3.22. The molecule has 3 aliphatic heterocycles. The zero-order chi connectivity index (χ0) is 15.3. The Hall–Kier alpha value is -0.980. The summed E-state index contributed by atoms with van der Waals surface area (Å²) < 4.78 is 2.36. The third kappa shape index (κ3) is 2.47. The number of fused-ring (bicyclic) bond motifs is 3. The molecule has 3 atom stereocenters. The van der Waals surface area contributed by atoms with Crippen molar-refractivity contribution in [2.75, 3.05) is 19.6 Å². The summed E-state index contributed by atoms with van der Waals surface area (Å²) in [6.45, 7) is 12.3. The van der Waals surface area contributed by atoms with Gasteiger partial charge in [-0.1, -0.05) is 0 Å². The van der Waals surface area contributed by atoms with Crippen molar-refractivity contribution in [1.29, 1.82) is 0 Å². The van der Waals surface area contributed by atoms with Crippen LogP contribution in [0, 0.1) is 0 Å². The molecule has 6 heteroatoms. The second-order valence-electron chi connectivity index (χ2n) is 7.49. The lowest BCUT2D eigenvalue weighted by molar-refractivity contribution is 0.159. The molecule has 6 nitrogen and oxygen atoms in total. The van der Waals surface area contributed by atoms with E-state index in [0.717, 1.165) is 50.5 Å². The van der Waals surface area contributed by atoms with Crippen LogP contribution < -0.4 is 5.32 Å². The minimum absolute atomic E-state index is 0.563. The van der Waals surface area contributed by atoms with Gasteiger partial charge >= 0.3 is 0 Å². The minimum atomic E-state index is 0.563. The normalized spacial score (nSPS) is 30.2. The number of piperazine rings is 1. The number of nitrogens with one attached hydrogen (secondary N) is 1. The van der Waals surface area contributed by atoms with Crippen molar-refractivity contribution in [2.45, 2.75) is 70.9 Å². The lowest BCUT2D eigenvalue weighted by Gasteiger charge is -2.34. The van der Waals surface area contributed by atoms with Crippen LogP contribution in [0.2, 0.25) is 0 Å². The molecule has 1 aromatic heterocycles. The van der Waals surface area contributed by atoms with E-state index in [1.807, 2.05) is 0 Å². The van der Waals surface area contributed by atoms with Crippen molar-refractivity contribution in [3.63, 3.8) is 0 Å². The van der Waals surface area contributed by atoms with Gasteiger partial charge in [-0.25, -0.2) is 0 Å². The standard InChI is InChI=1S/C16H28N6/c1-11(2)20-4-5-21-15(18-19-16(21)10-20)6-12(3)22-9-13-7-14(22)8-17-13/h11-14,17H,4-10H2,1-3H3. The van der Waals surface area contributed by atoms with Crippen LogP contribution in [0.15, 0.2) is 0 Å². The molecule has 1 aromatic rings. The van der Waals surface area contributed by atoms with Gasteiger partial charge in [0.2, 0.25) is 0 Å². The fourth-order valence-corrected chi connectivity index (χ4v) is 4.34. The highest BCUT2D eigenvalue weighted by Crippen LogP contribution is 2.26. The van der Waals surface area contributed by atoms with Crippen LogP contribution in [0.5, 0.6) is 0 Å². The largest absolute Gasteiger partial charge is 0.313 e. The maximum atomic E-state index is 4.51. The summed E-state index contributed by atoms with van der Waals surface area (Å²) in [4.78, 5) is 5.15. The van der Waals surface area contributed by atoms with Gasteiger partial charge in [-0.2, -0.15) is 0 Å². The number of likely N-dealkylation sites (tertiary alicyclic amines) is 1. The van der Waals surface area contributed by atoms with E-state index >= 15 is 0 Å². The Kier molecular flexibility index (Phi) is 3.71. The second kappa shape index (κ2) is 5.58. The molecule has 0 aliphatic carbocycles. The van der Waals surface area contributed by atoms with E-state index < -0.39 is 0 Å². The van der Waals surface area contributed by atoms with Gasteiger partial charge in [-0.3, -0.25) is 9.80 Å². The second-order valence-corrected chi connectivity index (χ2v) is 7.49. The summed E-state index contributed by atoms with van der Waals surface area (Å²) in [5, 5.41) is 12.6. The lowest BCUT2D eigenvalue weighted by atomic mass is 10.1. The summed E-state index contributed by atoms with van der Waals surface area (Å²) in [5.74, 6) is 2.33. The monoisotopic (exact) mass is 304 g/mol. The Morgan fingerprint density at radius 3 is 2.77 bits per heavy atom. The number of aromatic nitrogens is 3. The smallest absolute Gasteiger partial charge is 0.147 e. The van der Waals surface area contributed by atoms with Gasteiger partial charge in [-0.05, 0) is 27.2 Å². The van der Waals surface area contributed by atoms with Crippen molar-refractivity contribution >= 4 is 0 Å². The van der Waals surface area contributed by atoms with E-state index in [0.29, 0.717) is 12.1 Å². The third-order valence-corrected chi connectivity index (χ3v) is 5.73. The van der Waals surface area contributed by atoms with Gasteiger partial charge in [-0.15, -0.1) is 10.2 Å². The lowest BCUT2D eigenvalue weighted by Crippen LogP contribution is -2.48. The highest BCUT2D eigenvalue weighted by Gasteiger charge is 2.40. The first-order valence-electron chi connectivity index (χ1n) is 8.76. The first kappa shape index (κ1) is 14.6. The molecule has 0 spiro atoms. The summed E-state index contributed by atoms with van der Waals surface area (Å²) in [5.41, 5.74) is 0. The quantitative estimate of drug-likeness (QED) is 0.877. The van der Waals surface area contributed by atoms with Crippen molar-refractivity contribution < 1.29 is 0 Å². The number of hydrogen-bond donors (Lipinski definition) is 1. The molecule has 22 heavy (non-hydrogen) atoms. The van der Waals surface area contributed by atoms with E-state index in [-0.39, 0.29) is 0 Å². The van der Waals surface area contributed by atoms with Crippen LogP contribution in [0.3, 0.4) is 0 Å². The van der Waals surface area contributed by atoms with E-state index in [9.17, 15) is 0 Å². The SMILES string of the molecule is CC(C)N1CCn2c(CC(C)N3CC4CC3CN4)nnc2C1. The summed E-state index contributed by atoms with van der Waals surface area (Å²) >= 11 is 0. The van der Waals surface area contributed by atoms with E-state index in [1.54, 1.807) is 0 Å². The molecule has 2 saturated heterocycles. The number of nitrogens with zero attached hydrogens (tertiary/aromatic N) is 5. The maximum Gasteiger partial charge on any atom is 0.147 e. The molecular weight excluding hydrogens is 276 g/mol. The van der Waals surface area contributed by atoms with Crippen molar-refractivity contribution in [3.05, 3.63) is 11.6 Å². The van der Waals surface area contributed by atoms with Crippen LogP contribution in [0.25, 0.3) is 0 Å². The van der Waals surface area contributed by atoms with E-state index in [1.165, 1.54) is 18.8 Å². The van der Waals surface area contributed by atoms with Crippen LogP contribution in [-0.2, 0) is 19.5 Å². The minimum Gasteiger partial charge on any atom is -0.313 e. The van der Waals surface area contributed by atoms with E-state index in [2.05, 4.69) is 50.7 Å². The van der Waals surface area contributed by atoms with Gasteiger partial charge in [0.15, 0.2) is 0 Å². The molecule has 3 aliphatic rings. The molecule has 0 aromatic carbocycles. The Balaban J connectivity index is 1.44. The van der Waals surface area contributed by atoms with Gasteiger partial charge in [0.1, 0.15) is 11.6 Å². The van der Waals surface area contributed by atoms with Gasteiger partial charge < -0.3 is 9.88 Å². The fraction of sp³-hybridized carbons (Fsp3) is 0.875. The predicted molar refractivity (Wildman–Crippen MR) is 85.6 cm³/mol. The van der Waals surface area contributed by atoms with Crippen LogP contribution >= 0.6 is 0 Å². The molecule has 3 unspecified atom stereocenters. The molecular formula is C16H28N6. The average molecular weight is 304 g/mol. The molecule has 122 valence electrons. The summed E-state index contributed by atoms with van der Waals surface area (Å²) in [6, 6.07) is 2.61. The Morgan fingerprint density at radius 1 is 1.23 bits per heavy atom. The first-order chi connectivity index (χ1) is 10.6. The Morgan fingerprint density at radius 2 is 2.09 bits per heavy atom. The molecule has 1 N–H and O–H groups in total. The number of hydrogen-bond acceptors (Lipinski definition) is 5. The predicted octanol–water partition coefficient (Wildman–Crippen LogP) is 0.479. The molecule has 0 saturated carbocycles. The zero-order valence-electron chi connectivity index (χ0n) is 14.0. The molecule has 0 amide bonds. The maximum absolute atomic E-state index is 4.51. The van der Waals surface area contributed by atoms with Gasteiger partial charge in [0.25, 0.3) is 0 Å². The Bertz CT molecular complexity index is 539. The van der Waals surface area contributed by atoms with Crippen molar-refractivity contribution in [1.82, 2.24) is 29.9 Å². The molecule has 2 fully saturated rings. The molecule has 4 heterocycles. The number of rotatable bonds is 4. The summed E-state index contributed by atoms with van der Waals surface area (Å²) in [6.07, 6.45) is 2.35. The molecule has 2 bridgehead atoms. The third-order valence-electron chi connectivity index (χ3n) is 5.73. The molecule has 4 rings (SSSR count). The van der Waals surface area contributed by atoms with Gasteiger partial charge in [0.05, 0.1) is 6.54 Å². The molecule has 0 radical (unpaired) electrons. The Labute approximate surface area is 132 Å². The fourth-order valence-electron chi connectivity index (χ4n) is 4.34. The van der Waals surface area contributed by atoms with E-state index in [4.69, 9.17) is 0 Å². The highest BCUT2D eigenvalue weighted by molar-refractivity contribution is 5.04. The topological polar surface area (TPSA) is 49.2 Å². The summed E-state index contributed by atoms with van der Waals surface area (Å²) in [7, 11) is 0. The van der Waals surface area contributed by atoms with Crippen molar-refractivity contribution in [3.8, 4) is 0 Å². The van der Waals surface area contributed by atoms with Gasteiger partial charge in [0, 0.05) is 56.8 Å². The zero-order valence-corrected chi connectivity index (χ0v) is 14.0. The first-order valence-corrected chi connectivity index (χ1v) is 8.76. The van der Waals surface area contributed by atoms with Crippen LogP contribution in [-0.4, -0.2) is 68.4 Å². The van der Waals surface area contributed by atoms with Crippen LogP contribution in [0.1, 0.15) is 38.8 Å². The van der Waals surface area contributed by atoms with Crippen LogP contribution in [0.4, 0.5) is 0 Å². The highest BCUT2D eigenvalue weighted by atomic mass is 15.4.